The summed E-state index contributed by atoms with van der Waals surface area (Å²) < 4.78 is 32.9. The van der Waals surface area contributed by atoms with Gasteiger partial charge in [0, 0.05) is 5.69 Å². The van der Waals surface area contributed by atoms with Crippen molar-refractivity contribution in [3.8, 4) is 5.75 Å². The Kier molecular flexibility index (Phi) is 6.88. The average Bonchev–Trinajstić information content (AvgIpc) is 2.60. The number of benzene rings is 2. The standard InChI is InChI=1S/C18H20ClNO5S/c1-2-3-4-11-25-14-7-5-13(6-8-14)20-26(23,24)15-9-10-17(19)16(12-15)18(21)22/h5-10,12,20H,2-4,11H2,1H3,(H,21,22). The highest BCUT2D eigenvalue weighted by Gasteiger charge is 2.18. The first-order valence-electron chi connectivity index (χ1n) is 8.12. The van der Waals surface area contributed by atoms with E-state index in [0.717, 1.165) is 25.3 Å². The highest BCUT2D eigenvalue weighted by atomic mass is 35.5. The van der Waals surface area contributed by atoms with Crippen LogP contribution >= 0.6 is 11.6 Å². The molecule has 6 nitrogen and oxygen atoms in total. The van der Waals surface area contributed by atoms with Gasteiger partial charge in [0.1, 0.15) is 5.75 Å². The molecule has 0 aliphatic carbocycles. The Labute approximate surface area is 157 Å². The summed E-state index contributed by atoms with van der Waals surface area (Å²) in [5.74, 6) is -0.639. The molecule has 0 saturated heterocycles. The number of hydrogen-bond acceptors (Lipinski definition) is 4. The molecule has 0 unspecified atom stereocenters. The maximum Gasteiger partial charge on any atom is 0.337 e. The minimum atomic E-state index is -3.94. The van der Waals surface area contributed by atoms with E-state index in [1.54, 1.807) is 24.3 Å². The summed E-state index contributed by atoms with van der Waals surface area (Å²) in [6, 6.07) is 10.0. The minimum absolute atomic E-state index is 0.0268. The Balaban J connectivity index is 2.09. The normalized spacial score (nSPS) is 11.2. The van der Waals surface area contributed by atoms with Crippen LogP contribution in [0.4, 0.5) is 5.69 Å². The SMILES string of the molecule is CCCCCOc1ccc(NS(=O)(=O)c2ccc(Cl)c(C(=O)O)c2)cc1. The molecule has 140 valence electrons. The lowest BCUT2D eigenvalue weighted by Crippen LogP contribution is -2.14. The number of unbranched alkanes of at least 4 members (excludes halogenated alkanes) is 2. The van der Waals surface area contributed by atoms with Gasteiger partial charge in [-0.1, -0.05) is 31.4 Å². The van der Waals surface area contributed by atoms with Gasteiger partial charge in [0.25, 0.3) is 10.0 Å². The van der Waals surface area contributed by atoms with Crippen molar-refractivity contribution in [1.29, 1.82) is 0 Å². The topological polar surface area (TPSA) is 92.7 Å². The largest absolute Gasteiger partial charge is 0.494 e. The Hall–Kier alpha value is -2.25. The van der Waals surface area contributed by atoms with Crippen LogP contribution < -0.4 is 9.46 Å². The summed E-state index contributed by atoms with van der Waals surface area (Å²) in [6.07, 6.45) is 3.17. The first-order valence-corrected chi connectivity index (χ1v) is 9.98. The van der Waals surface area contributed by atoms with Gasteiger partial charge in [-0.15, -0.1) is 0 Å². The lowest BCUT2D eigenvalue weighted by atomic mass is 10.2. The van der Waals surface area contributed by atoms with Crippen LogP contribution in [0.2, 0.25) is 5.02 Å². The summed E-state index contributed by atoms with van der Waals surface area (Å²) in [5, 5.41) is 9.04. The average molecular weight is 398 g/mol. The number of carboxylic acids is 1. The smallest absolute Gasteiger partial charge is 0.337 e. The van der Waals surface area contributed by atoms with E-state index in [2.05, 4.69) is 11.6 Å². The van der Waals surface area contributed by atoms with Crippen molar-refractivity contribution >= 4 is 33.3 Å². The van der Waals surface area contributed by atoms with E-state index in [9.17, 15) is 13.2 Å². The molecule has 2 rings (SSSR count). The number of sulfonamides is 1. The zero-order valence-corrected chi connectivity index (χ0v) is 15.8. The van der Waals surface area contributed by atoms with Gasteiger partial charge >= 0.3 is 5.97 Å². The molecule has 2 aromatic carbocycles. The molecular formula is C18H20ClNO5S. The van der Waals surface area contributed by atoms with Crippen molar-refractivity contribution in [3.05, 3.63) is 53.1 Å². The molecule has 8 heteroatoms. The second kappa shape index (κ2) is 8.91. The summed E-state index contributed by atoms with van der Waals surface area (Å²) in [7, 11) is -3.94. The predicted octanol–water partition coefficient (Wildman–Crippen LogP) is 4.41. The Morgan fingerprint density at radius 1 is 1.15 bits per heavy atom. The van der Waals surface area contributed by atoms with Crippen LogP contribution in [0.1, 0.15) is 36.5 Å². The second-order valence-electron chi connectivity index (χ2n) is 5.63. The van der Waals surface area contributed by atoms with E-state index in [0.29, 0.717) is 18.0 Å². The van der Waals surface area contributed by atoms with Gasteiger partial charge in [0.05, 0.1) is 22.1 Å². The van der Waals surface area contributed by atoms with Gasteiger partial charge in [0.15, 0.2) is 0 Å². The van der Waals surface area contributed by atoms with Gasteiger partial charge in [0.2, 0.25) is 0 Å². The van der Waals surface area contributed by atoms with Crippen LogP contribution in [0.3, 0.4) is 0 Å². The van der Waals surface area contributed by atoms with Gasteiger partial charge < -0.3 is 9.84 Å². The van der Waals surface area contributed by atoms with Crippen LogP contribution in [0.5, 0.6) is 5.75 Å². The van der Waals surface area contributed by atoms with Gasteiger partial charge in [-0.25, -0.2) is 13.2 Å². The molecule has 2 N–H and O–H groups in total. The third kappa shape index (κ3) is 5.37. The van der Waals surface area contributed by atoms with Gasteiger partial charge in [-0.3, -0.25) is 4.72 Å². The maximum atomic E-state index is 12.4. The van der Waals surface area contributed by atoms with Crippen molar-refractivity contribution in [3.63, 3.8) is 0 Å². The molecule has 0 aliphatic rings. The van der Waals surface area contributed by atoms with Crippen molar-refractivity contribution in [2.75, 3.05) is 11.3 Å². The number of ether oxygens (including phenoxy) is 1. The molecule has 0 saturated carbocycles. The van der Waals surface area contributed by atoms with Crippen molar-refractivity contribution in [2.24, 2.45) is 0 Å². The first-order chi connectivity index (χ1) is 12.3. The molecule has 0 aliphatic heterocycles. The van der Waals surface area contributed by atoms with E-state index < -0.39 is 16.0 Å². The zero-order valence-electron chi connectivity index (χ0n) is 14.2. The molecule has 0 atom stereocenters. The summed E-state index contributed by atoms with van der Waals surface area (Å²) in [5.41, 5.74) is 0.0723. The number of aromatic carboxylic acids is 1. The Morgan fingerprint density at radius 2 is 1.85 bits per heavy atom. The number of carboxylic acid groups (broad SMARTS) is 1. The third-order valence-corrected chi connectivity index (χ3v) is 5.31. The van der Waals surface area contributed by atoms with Crippen molar-refractivity contribution < 1.29 is 23.1 Å². The Bertz CT molecular complexity index is 866. The third-order valence-electron chi connectivity index (χ3n) is 3.60. The number of carbonyl (C=O) groups is 1. The number of nitrogens with one attached hydrogen (secondary N) is 1. The predicted molar refractivity (Wildman–Crippen MR) is 101 cm³/mol. The van der Waals surface area contributed by atoms with Crippen LogP contribution in [-0.2, 0) is 10.0 Å². The van der Waals surface area contributed by atoms with Crippen LogP contribution in [0.25, 0.3) is 0 Å². The van der Waals surface area contributed by atoms with E-state index in [4.69, 9.17) is 21.4 Å². The van der Waals surface area contributed by atoms with Gasteiger partial charge in [-0.2, -0.15) is 0 Å². The quantitative estimate of drug-likeness (QED) is 0.611. The van der Waals surface area contributed by atoms with Crippen LogP contribution in [0, 0.1) is 0 Å². The number of anilines is 1. The molecular weight excluding hydrogens is 378 g/mol. The number of rotatable bonds is 9. The highest BCUT2D eigenvalue weighted by molar-refractivity contribution is 7.92. The monoisotopic (exact) mass is 397 g/mol. The zero-order chi connectivity index (χ0) is 19.2. The van der Waals surface area contributed by atoms with Crippen molar-refractivity contribution in [1.82, 2.24) is 0 Å². The highest BCUT2D eigenvalue weighted by Crippen LogP contribution is 2.23. The Morgan fingerprint density at radius 3 is 2.46 bits per heavy atom. The molecule has 0 heterocycles. The molecule has 0 radical (unpaired) electrons. The molecule has 2 aromatic rings. The molecule has 0 aromatic heterocycles. The van der Waals surface area contributed by atoms with E-state index in [1.165, 1.54) is 12.1 Å². The van der Waals surface area contributed by atoms with Crippen LogP contribution in [-0.4, -0.2) is 26.1 Å². The van der Waals surface area contributed by atoms with E-state index >= 15 is 0 Å². The molecule has 0 spiro atoms. The summed E-state index contributed by atoms with van der Waals surface area (Å²) in [6.45, 7) is 2.72. The maximum absolute atomic E-state index is 12.4. The number of hydrogen-bond donors (Lipinski definition) is 2. The van der Waals surface area contributed by atoms with Gasteiger partial charge in [-0.05, 0) is 48.9 Å². The second-order valence-corrected chi connectivity index (χ2v) is 7.72. The lowest BCUT2D eigenvalue weighted by Gasteiger charge is -2.10. The molecule has 26 heavy (non-hydrogen) atoms. The molecule has 0 amide bonds. The lowest BCUT2D eigenvalue weighted by molar-refractivity contribution is 0.0697. The van der Waals surface area contributed by atoms with E-state index in [-0.39, 0.29) is 15.5 Å². The van der Waals surface area contributed by atoms with E-state index in [1.807, 2.05) is 0 Å². The summed E-state index contributed by atoms with van der Waals surface area (Å²) in [4.78, 5) is 10.9. The fourth-order valence-electron chi connectivity index (χ4n) is 2.21. The molecule has 0 bridgehead atoms. The fraction of sp³-hybridized carbons (Fsp3) is 0.278. The minimum Gasteiger partial charge on any atom is -0.494 e. The number of halogens is 1. The van der Waals surface area contributed by atoms with Crippen LogP contribution in [0.15, 0.2) is 47.4 Å². The first kappa shape index (κ1) is 20.1. The summed E-state index contributed by atoms with van der Waals surface area (Å²) >= 11 is 5.77. The fourth-order valence-corrected chi connectivity index (χ4v) is 3.49. The molecule has 0 fully saturated rings. The van der Waals surface area contributed by atoms with Crippen molar-refractivity contribution in [2.45, 2.75) is 31.1 Å².